The summed E-state index contributed by atoms with van der Waals surface area (Å²) < 4.78 is 5.41. The number of carboxylic acid groups (broad SMARTS) is 1. The number of carbonyl (C=O) groups excluding carboxylic acids is 1. The van der Waals surface area contributed by atoms with Crippen LogP contribution >= 0.6 is 22.9 Å². The van der Waals surface area contributed by atoms with Gasteiger partial charge in [-0.15, -0.1) is 11.3 Å². The van der Waals surface area contributed by atoms with Gasteiger partial charge in [-0.25, -0.2) is 4.79 Å². The molecule has 5 nitrogen and oxygen atoms in total. The number of para-hydroxylation sites is 1. The predicted molar refractivity (Wildman–Crippen MR) is 98.1 cm³/mol. The number of hydrogen-bond acceptors (Lipinski definition) is 4. The van der Waals surface area contributed by atoms with Crippen LogP contribution in [0, 0.1) is 0 Å². The van der Waals surface area contributed by atoms with E-state index >= 15 is 0 Å². The van der Waals surface area contributed by atoms with E-state index < -0.39 is 11.9 Å². The van der Waals surface area contributed by atoms with Gasteiger partial charge in [0, 0.05) is 4.88 Å². The number of amides is 1. The highest BCUT2D eigenvalue weighted by Gasteiger charge is 2.25. The molecular formula is C18H18ClNO4S. The highest BCUT2D eigenvalue weighted by Crippen LogP contribution is 2.37. The summed E-state index contributed by atoms with van der Waals surface area (Å²) >= 11 is 7.35. The highest BCUT2D eigenvalue weighted by molar-refractivity contribution is 7.17. The molecule has 2 aromatic rings. The van der Waals surface area contributed by atoms with Gasteiger partial charge in [0.15, 0.2) is 6.61 Å². The van der Waals surface area contributed by atoms with Crippen molar-refractivity contribution in [3.63, 3.8) is 0 Å². The molecule has 0 bridgehead atoms. The molecule has 7 heteroatoms. The van der Waals surface area contributed by atoms with Crippen molar-refractivity contribution in [1.29, 1.82) is 0 Å². The van der Waals surface area contributed by atoms with Crippen LogP contribution in [0.25, 0.3) is 0 Å². The van der Waals surface area contributed by atoms with Crippen molar-refractivity contribution in [2.75, 3.05) is 11.9 Å². The Morgan fingerprint density at radius 2 is 1.96 bits per heavy atom. The molecule has 132 valence electrons. The third-order valence-electron chi connectivity index (χ3n) is 4.08. The Bertz CT molecular complexity index is 802. The summed E-state index contributed by atoms with van der Waals surface area (Å²) in [5, 5.41) is 13.1. The Balaban J connectivity index is 1.73. The molecular weight excluding hydrogens is 362 g/mol. The zero-order valence-electron chi connectivity index (χ0n) is 13.5. The van der Waals surface area contributed by atoms with Crippen molar-refractivity contribution in [3.05, 3.63) is 45.3 Å². The summed E-state index contributed by atoms with van der Waals surface area (Å²) in [5.74, 6) is -0.986. The van der Waals surface area contributed by atoms with Crippen molar-refractivity contribution in [1.82, 2.24) is 0 Å². The third-order valence-corrected chi connectivity index (χ3v) is 5.60. The molecule has 1 aromatic carbocycles. The summed E-state index contributed by atoms with van der Waals surface area (Å²) in [7, 11) is 0. The molecule has 2 N–H and O–H groups in total. The molecule has 1 aliphatic carbocycles. The number of halogens is 1. The van der Waals surface area contributed by atoms with Crippen LogP contribution in [-0.2, 0) is 17.6 Å². The number of fused-ring (bicyclic) bond motifs is 1. The van der Waals surface area contributed by atoms with Gasteiger partial charge in [0.1, 0.15) is 10.8 Å². The van der Waals surface area contributed by atoms with Crippen LogP contribution in [-0.4, -0.2) is 23.6 Å². The van der Waals surface area contributed by atoms with Gasteiger partial charge in [0.05, 0.1) is 10.6 Å². The van der Waals surface area contributed by atoms with Gasteiger partial charge < -0.3 is 15.2 Å². The largest absolute Gasteiger partial charge is 0.482 e. The SMILES string of the molecule is O=C(COc1ccccc1Cl)Nc1sc2c(c1C(=O)O)CCCCC2. The van der Waals surface area contributed by atoms with Crippen LogP contribution in [0.4, 0.5) is 5.00 Å². The second kappa shape index (κ2) is 7.89. The van der Waals surface area contributed by atoms with Crippen molar-refractivity contribution in [3.8, 4) is 5.75 Å². The molecule has 0 atom stereocenters. The number of benzene rings is 1. The number of ether oxygens (including phenoxy) is 1. The number of aromatic carboxylic acids is 1. The fraction of sp³-hybridized carbons (Fsp3) is 0.333. The van der Waals surface area contributed by atoms with Crippen molar-refractivity contribution in [2.45, 2.75) is 32.1 Å². The molecule has 0 unspecified atom stereocenters. The lowest BCUT2D eigenvalue weighted by molar-refractivity contribution is -0.118. The van der Waals surface area contributed by atoms with Crippen molar-refractivity contribution in [2.24, 2.45) is 0 Å². The Kier molecular flexibility index (Phi) is 5.60. The number of nitrogens with one attached hydrogen (secondary N) is 1. The first-order chi connectivity index (χ1) is 12.1. The van der Waals surface area contributed by atoms with Crippen LogP contribution in [0.2, 0.25) is 5.02 Å². The molecule has 0 fully saturated rings. The second-order valence-corrected chi connectivity index (χ2v) is 7.35. The molecule has 25 heavy (non-hydrogen) atoms. The average molecular weight is 380 g/mol. The van der Waals surface area contributed by atoms with Gasteiger partial charge in [-0.1, -0.05) is 30.2 Å². The Morgan fingerprint density at radius 1 is 1.20 bits per heavy atom. The van der Waals surface area contributed by atoms with Gasteiger partial charge in [0.2, 0.25) is 0 Å². The lowest BCUT2D eigenvalue weighted by Gasteiger charge is -2.08. The van der Waals surface area contributed by atoms with Gasteiger partial charge >= 0.3 is 5.97 Å². The highest BCUT2D eigenvalue weighted by atomic mass is 35.5. The number of thiophene rings is 1. The van der Waals surface area contributed by atoms with E-state index in [1.165, 1.54) is 11.3 Å². The Hall–Kier alpha value is -2.05. The minimum atomic E-state index is -0.998. The van der Waals surface area contributed by atoms with Gasteiger partial charge in [-0.2, -0.15) is 0 Å². The first-order valence-electron chi connectivity index (χ1n) is 8.11. The number of hydrogen-bond donors (Lipinski definition) is 2. The van der Waals surface area contributed by atoms with Crippen molar-refractivity contribution >= 4 is 39.8 Å². The summed E-state index contributed by atoms with van der Waals surface area (Å²) in [6.45, 7) is -0.231. The van der Waals surface area contributed by atoms with Crippen molar-refractivity contribution < 1.29 is 19.4 Å². The Labute approximate surface area is 154 Å². The van der Waals surface area contributed by atoms with Crippen LogP contribution in [0.3, 0.4) is 0 Å². The molecule has 0 saturated carbocycles. The average Bonchev–Trinajstić information content (AvgIpc) is 2.75. The maximum absolute atomic E-state index is 12.2. The first-order valence-corrected chi connectivity index (χ1v) is 9.30. The number of carbonyl (C=O) groups is 2. The number of anilines is 1. The van der Waals surface area contributed by atoms with Gasteiger partial charge in [-0.3, -0.25) is 4.79 Å². The fourth-order valence-electron chi connectivity index (χ4n) is 2.92. The maximum atomic E-state index is 12.2. The zero-order valence-corrected chi connectivity index (χ0v) is 15.1. The molecule has 1 aliphatic rings. The van der Waals surface area contributed by atoms with E-state index in [1.54, 1.807) is 24.3 Å². The van der Waals surface area contributed by atoms with Crippen LogP contribution < -0.4 is 10.1 Å². The van der Waals surface area contributed by atoms with Crippen LogP contribution in [0.5, 0.6) is 5.75 Å². The van der Waals surface area contributed by atoms with E-state index in [2.05, 4.69) is 5.32 Å². The number of aryl methyl sites for hydroxylation is 1. The predicted octanol–water partition coefficient (Wildman–Crippen LogP) is 4.39. The van der Waals surface area contributed by atoms with E-state index in [0.717, 1.165) is 42.5 Å². The zero-order chi connectivity index (χ0) is 17.8. The molecule has 1 amide bonds. The Morgan fingerprint density at radius 3 is 2.72 bits per heavy atom. The van der Waals surface area contributed by atoms with Crippen LogP contribution in [0.1, 0.15) is 40.1 Å². The lowest BCUT2D eigenvalue weighted by atomic mass is 10.1. The van der Waals surface area contributed by atoms with Gasteiger partial charge in [-0.05, 0) is 43.4 Å². The second-order valence-electron chi connectivity index (χ2n) is 5.84. The molecule has 0 aliphatic heterocycles. The van der Waals surface area contributed by atoms with E-state index in [-0.39, 0.29) is 12.2 Å². The smallest absolute Gasteiger partial charge is 0.339 e. The third kappa shape index (κ3) is 4.14. The summed E-state index contributed by atoms with van der Waals surface area (Å²) in [6.07, 6.45) is 4.75. The maximum Gasteiger partial charge on any atom is 0.339 e. The monoisotopic (exact) mass is 379 g/mol. The molecule has 1 heterocycles. The van der Waals surface area contributed by atoms with E-state index in [0.29, 0.717) is 15.8 Å². The molecule has 1 aromatic heterocycles. The summed E-state index contributed by atoms with van der Waals surface area (Å²) in [6, 6.07) is 6.88. The molecule has 0 spiro atoms. The minimum Gasteiger partial charge on any atom is -0.482 e. The lowest BCUT2D eigenvalue weighted by Crippen LogP contribution is -2.21. The summed E-state index contributed by atoms with van der Waals surface area (Å²) in [4.78, 5) is 24.9. The fourth-order valence-corrected chi connectivity index (χ4v) is 4.41. The number of rotatable bonds is 5. The van der Waals surface area contributed by atoms with E-state index in [4.69, 9.17) is 16.3 Å². The summed E-state index contributed by atoms with van der Waals surface area (Å²) in [5.41, 5.74) is 1.10. The minimum absolute atomic E-state index is 0.230. The molecule has 0 radical (unpaired) electrons. The quantitative estimate of drug-likeness (QED) is 0.755. The standard InChI is InChI=1S/C18H18ClNO4S/c19-12-7-4-5-8-13(12)24-10-15(21)20-17-16(18(22)23)11-6-2-1-3-9-14(11)25-17/h4-5,7-8H,1-3,6,9-10H2,(H,20,21)(H,22,23). The van der Waals surface area contributed by atoms with Gasteiger partial charge in [0.25, 0.3) is 5.91 Å². The number of carboxylic acids is 1. The topological polar surface area (TPSA) is 75.6 Å². The molecule has 0 saturated heterocycles. The van der Waals surface area contributed by atoms with E-state index in [9.17, 15) is 14.7 Å². The molecule has 3 rings (SSSR count). The van der Waals surface area contributed by atoms with E-state index in [1.807, 2.05) is 0 Å². The normalized spacial score (nSPS) is 13.6. The van der Waals surface area contributed by atoms with Crippen LogP contribution in [0.15, 0.2) is 24.3 Å². The first kappa shape index (κ1) is 17.8.